The van der Waals surface area contributed by atoms with Crippen LogP contribution in [0.25, 0.3) is 0 Å². The van der Waals surface area contributed by atoms with E-state index in [4.69, 9.17) is 0 Å². The number of nitrogens with one attached hydrogen (secondary N) is 1. The summed E-state index contributed by atoms with van der Waals surface area (Å²) in [5.74, 6) is 0. The van der Waals surface area contributed by atoms with Gasteiger partial charge >= 0.3 is 0 Å². The fourth-order valence-electron chi connectivity index (χ4n) is 2.05. The normalized spacial score (nSPS) is 21.0. The van der Waals surface area contributed by atoms with Crippen molar-refractivity contribution in [1.82, 2.24) is 10.2 Å². The van der Waals surface area contributed by atoms with Crippen LogP contribution in [0.1, 0.15) is 23.4 Å². The number of aryl methyl sites for hydroxylation is 1. The average molecular weight is 210 g/mol. The minimum atomic E-state index is 0.595. The Labute approximate surface area is 89.9 Å². The van der Waals surface area contributed by atoms with Crippen molar-refractivity contribution in [3.8, 4) is 0 Å². The topological polar surface area (TPSA) is 15.3 Å². The number of hydrogen-bond donors (Lipinski definition) is 1. The number of nitrogens with zero attached hydrogens (tertiary/aromatic N) is 1. The maximum atomic E-state index is 3.39. The lowest BCUT2D eigenvalue weighted by Crippen LogP contribution is -2.44. The second-order valence-corrected chi connectivity index (χ2v) is 4.88. The number of rotatable bonds is 2. The van der Waals surface area contributed by atoms with Gasteiger partial charge in [0, 0.05) is 37.1 Å². The molecule has 2 nitrogen and oxygen atoms in total. The predicted octanol–water partition coefficient (Wildman–Crippen LogP) is 2.02. The van der Waals surface area contributed by atoms with Crippen LogP contribution in [0, 0.1) is 6.92 Å². The van der Waals surface area contributed by atoms with Crippen LogP contribution in [0.3, 0.4) is 0 Å². The zero-order valence-corrected chi connectivity index (χ0v) is 9.73. The van der Waals surface area contributed by atoms with Gasteiger partial charge in [-0.1, -0.05) is 0 Å². The fourth-order valence-corrected chi connectivity index (χ4v) is 3.07. The minimum Gasteiger partial charge on any atom is -0.314 e. The third kappa shape index (κ3) is 2.00. The molecule has 1 N–H and O–H groups in total. The van der Waals surface area contributed by atoms with Gasteiger partial charge in [-0.25, -0.2) is 0 Å². The first kappa shape index (κ1) is 10.1. The standard InChI is InChI=1S/C11H18N2S/c1-9-3-8-14-11(9)10(2)13-6-4-12-5-7-13/h3,8,10,12H,4-7H2,1-2H3. The summed E-state index contributed by atoms with van der Waals surface area (Å²) in [5.41, 5.74) is 1.45. The lowest BCUT2D eigenvalue weighted by molar-refractivity contribution is 0.187. The van der Waals surface area contributed by atoms with E-state index in [1.807, 2.05) is 11.3 Å². The molecule has 0 amide bonds. The molecule has 1 aromatic rings. The molecule has 1 aromatic heterocycles. The fraction of sp³-hybridized carbons (Fsp3) is 0.636. The Morgan fingerprint density at radius 2 is 2.14 bits per heavy atom. The van der Waals surface area contributed by atoms with Crippen LogP contribution in [0.2, 0.25) is 0 Å². The van der Waals surface area contributed by atoms with E-state index in [-0.39, 0.29) is 0 Å². The lowest BCUT2D eigenvalue weighted by Gasteiger charge is -2.32. The van der Waals surface area contributed by atoms with Crippen molar-refractivity contribution in [3.05, 3.63) is 21.9 Å². The summed E-state index contributed by atoms with van der Waals surface area (Å²) in [6.07, 6.45) is 0. The van der Waals surface area contributed by atoms with E-state index in [1.54, 1.807) is 0 Å². The second kappa shape index (κ2) is 4.43. The first-order valence-electron chi connectivity index (χ1n) is 5.28. The van der Waals surface area contributed by atoms with Gasteiger partial charge < -0.3 is 5.32 Å². The maximum absolute atomic E-state index is 3.39. The minimum absolute atomic E-state index is 0.595. The van der Waals surface area contributed by atoms with Crippen LogP contribution in [0.4, 0.5) is 0 Å². The van der Waals surface area contributed by atoms with Crippen molar-refractivity contribution in [1.29, 1.82) is 0 Å². The molecule has 2 heterocycles. The highest BCUT2D eigenvalue weighted by atomic mass is 32.1. The monoisotopic (exact) mass is 210 g/mol. The summed E-state index contributed by atoms with van der Waals surface area (Å²) in [5, 5.41) is 5.59. The molecule has 1 saturated heterocycles. The van der Waals surface area contributed by atoms with Gasteiger partial charge in [-0.05, 0) is 30.9 Å². The smallest absolute Gasteiger partial charge is 0.0417 e. The van der Waals surface area contributed by atoms with Gasteiger partial charge in [-0.15, -0.1) is 11.3 Å². The molecule has 1 atom stereocenters. The predicted molar refractivity (Wildman–Crippen MR) is 61.9 cm³/mol. The summed E-state index contributed by atoms with van der Waals surface area (Å²) in [6.45, 7) is 9.16. The van der Waals surface area contributed by atoms with Crippen molar-refractivity contribution in [2.45, 2.75) is 19.9 Å². The van der Waals surface area contributed by atoms with Crippen molar-refractivity contribution in [3.63, 3.8) is 0 Å². The number of thiophene rings is 1. The van der Waals surface area contributed by atoms with Crippen LogP contribution >= 0.6 is 11.3 Å². The van der Waals surface area contributed by atoms with Crippen LogP contribution in [-0.2, 0) is 0 Å². The van der Waals surface area contributed by atoms with Crippen LogP contribution in [-0.4, -0.2) is 31.1 Å². The third-order valence-electron chi connectivity index (χ3n) is 2.98. The molecule has 3 heteroatoms. The number of hydrogen-bond acceptors (Lipinski definition) is 3. The molecule has 0 radical (unpaired) electrons. The van der Waals surface area contributed by atoms with Gasteiger partial charge in [0.1, 0.15) is 0 Å². The van der Waals surface area contributed by atoms with Gasteiger partial charge in [0.15, 0.2) is 0 Å². The Kier molecular flexibility index (Phi) is 3.21. The van der Waals surface area contributed by atoms with E-state index < -0.39 is 0 Å². The Morgan fingerprint density at radius 3 is 2.71 bits per heavy atom. The van der Waals surface area contributed by atoms with Gasteiger partial charge in [-0.3, -0.25) is 4.90 Å². The summed E-state index contributed by atoms with van der Waals surface area (Å²) >= 11 is 1.89. The maximum Gasteiger partial charge on any atom is 0.0417 e. The van der Waals surface area contributed by atoms with Crippen molar-refractivity contribution in [2.24, 2.45) is 0 Å². The van der Waals surface area contributed by atoms with E-state index in [0.717, 1.165) is 13.1 Å². The van der Waals surface area contributed by atoms with E-state index in [9.17, 15) is 0 Å². The molecule has 14 heavy (non-hydrogen) atoms. The molecule has 1 unspecified atom stereocenters. The van der Waals surface area contributed by atoms with Crippen molar-refractivity contribution in [2.75, 3.05) is 26.2 Å². The molecule has 1 aliphatic heterocycles. The van der Waals surface area contributed by atoms with Gasteiger partial charge in [0.25, 0.3) is 0 Å². The van der Waals surface area contributed by atoms with Crippen molar-refractivity contribution >= 4 is 11.3 Å². The molecule has 1 fully saturated rings. The lowest BCUT2D eigenvalue weighted by atomic mass is 10.1. The van der Waals surface area contributed by atoms with Crippen LogP contribution in [0.5, 0.6) is 0 Å². The largest absolute Gasteiger partial charge is 0.314 e. The Bertz CT molecular complexity index is 289. The zero-order valence-electron chi connectivity index (χ0n) is 8.92. The van der Waals surface area contributed by atoms with Gasteiger partial charge in [-0.2, -0.15) is 0 Å². The highest BCUT2D eigenvalue weighted by molar-refractivity contribution is 7.10. The summed E-state index contributed by atoms with van der Waals surface area (Å²) < 4.78 is 0. The first-order valence-corrected chi connectivity index (χ1v) is 6.16. The zero-order chi connectivity index (χ0) is 9.97. The second-order valence-electron chi connectivity index (χ2n) is 3.93. The molecule has 0 spiro atoms. The molecule has 0 aliphatic carbocycles. The highest BCUT2D eigenvalue weighted by Gasteiger charge is 2.19. The van der Waals surface area contributed by atoms with Crippen LogP contribution < -0.4 is 5.32 Å². The first-order chi connectivity index (χ1) is 6.79. The summed E-state index contributed by atoms with van der Waals surface area (Å²) in [7, 11) is 0. The summed E-state index contributed by atoms with van der Waals surface area (Å²) in [4.78, 5) is 4.10. The molecule has 2 rings (SSSR count). The third-order valence-corrected chi connectivity index (χ3v) is 4.17. The molecular weight excluding hydrogens is 192 g/mol. The molecule has 0 bridgehead atoms. The molecule has 78 valence electrons. The highest BCUT2D eigenvalue weighted by Crippen LogP contribution is 2.28. The SMILES string of the molecule is Cc1ccsc1C(C)N1CCNCC1. The van der Waals surface area contributed by atoms with Gasteiger partial charge in [0.2, 0.25) is 0 Å². The Morgan fingerprint density at radius 1 is 1.43 bits per heavy atom. The average Bonchev–Trinajstić information content (AvgIpc) is 2.65. The van der Waals surface area contributed by atoms with Gasteiger partial charge in [0.05, 0.1) is 0 Å². The van der Waals surface area contributed by atoms with E-state index in [0.29, 0.717) is 6.04 Å². The molecule has 0 aromatic carbocycles. The molecule has 1 aliphatic rings. The van der Waals surface area contributed by atoms with E-state index in [1.165, 1.54) is 23.5 Å². The van der Waals surface area contributed by atoms with Crippen LogP contribution in [0.15, 0.2) is 11.4 Å². The van der Waals surface area contributed by atoms with E-state index >= 15 is 0 Å². The van der Waals surface area contributed by atoms with Crippen molar-refractivity contribution < 1.29 is 0 Å². The Hall–Kier alpha value is -0.380. The summed E-state index contributed by atoms with van der Waals surface area (Å²) in [6, 6.07) is 2.82. The molecule has 0 saturated carbocycles. The number of piperazine rings is 1. The Balaban J connectivity index is 2.07. The van der Waals surface area contributed by atoms with E-state index in [2.05, 4.69) is 35.5 Å². The quantitative estimate of drug-likeness (QED) is 0.803. The molecular formula is C11H18N2S.